The van der Waals surface area contributed by atoms with Crippen molar-refractivity contribution in [1.82, 2.24) is 10.3 Å². The fourth-order valence-corrected chi connectivity index (χ4v) is 3.14. The Morgan fingerprint density at radius 1 is 0.968 bits per heavy atom. The number of hydrogen-bond donors (Lipinski definition) is 2. The van der Waals surface area contributed by atoms with Crippen LogP contribution in [0, 0.1) is 0 Å². The summed E-state index contributed by atoms with van der Waals surface area (Å²) in [6.45, 7) is 10.5. The highest BCUT2D eigenvalue weighted by molar-refractivity contribution is 5.98. The first-order valence-corrected chi connectivity index (χ1v) is 10.5. The summed E-state index contributed by atoms with van der Waals surface area (Å²) in [5, 5.41) is 5.60. The number of rotatable bonds is 6. The largest absolute Gasteiger partial charge is 0.435 e. The van der Waals surface area contributed by atoms with Gasteiger partial charge in [-0.2, -0.15) is 0 Å². The maximum absolute atomic E-state index is 12.7. The van der Waals surface area contributed by atoms with Crippen molar-refractivity contribution in [3.05, 3.63) is 59.8 Å². The van der Waals surface area contributed by atoms with Crippen LogP contribution in [0.25, 0.3) is 22.8 Å². The Balaban J connectivity index is 2.00. The summed E-state index contributed by atoms with van der Waals surface area (Å²) in [6, 6.07) is 15.2. The van der Waals surface area contributed by atoms with Crippen LogP contribution >= 0.6 is 0 Å². The van der Waals surface area contributed by atoms with Gasteiger partial charge in [0.25, 0.3) is 5.91 Å². The number of anilines is 1. The van der Waals surface area contributed by atoms with Crippen LogP contribution < -0.4 is 10.6 Å². The number of aromatic nitrogens is 1. The molecule has 0 aliphatic rings. The first-order valence-electron chi connectivity index (χ1n) is 10.5. The monoisotopic (exact) mass is 419 g/mol. The van der Waals surface area contributed by atoms with E-state index in [9.17, 15) is 9.59 Å². The molecule has 0 saturated heterocycles. The van der Waals surface area contributed by atoms with Crippen LogP contribution in [-0.2, 0) is 10.2 Å². The fraction of sp³-hybridized carbons (Fsp3) is 0.320. The van der Waals surface area contributed by atoms with Gasteiger partial charge in [0.2, 0.25) is 11.8 Å². The molecule has 0 atom stereocenters. The topological polar surface area (TPSA) is 84.2 Å². The van der Waals surface area contributed by atoms with Crippen molar-refractivity contribution in [1.29, 1.82) is 0 Å². The first kappa shape index (κ1) is 22.3. The van der Waals surface area contributed by atoms with E-state index in [1.807, 2.05) is 19.1 Å². The Kier molecular flexibility index (Phi) is 6.59. The van der Waals surface area contributed by atoms with Gasteiger partial charge in [-0.15, -0.1) is 0 Å². The molecule has 2 aromatic carbocycles. The minimum absolute atomic E-state index is 0.0428. The molecular formula is C25H29N3O3. The third kappa shape index (κ3) is 5.40. The highest BCUT2D eigenvalue weighted by atomic mass is 16.4. The van der Waals surface area contributed by atoms with Crippen LogP contribution in [0.5, 0.6) is 0 Å². The zero-order valence-electron chi connectivity index (χ0n) is 18.7. The van der Waals surface area contributed by atoms with Gasteiger partial charge in [0, 0.05) is 30.3 Å². The lowest BCUT2D eigenvalue weighted by Crippen LogP contribution is -2.24. The van der Waals surface area contributed by atoms with Crippen molar-refractivity contribution in [3.8, 4) is 22.8 Å². The Bertz CT molecular complexity index is 1060. The number of carbonyl (C=O) groups is 2. The number of nitrogens with one attached hydrogen (secondary N) is 2. The van der Waals surface area contributed by atoms with Crippen LogP contribution in [0.3, 0.4) is 0 Å². The molecule has 6 nitrogen and oxygen atoms in total. The number of oxazole rings is 1. The number of amides is 2. The zero-order chi connectivity index (χ0) is 22.6. The van der Waals surface area contributed by atoms with Gasteiger partial charge in [0.05, 0.1) is 0 Å². The molecule has 0 aliphatic carbocycles. The molecule has 3 rings (SSSR count). The van der Waals surface area contributed by atoms with Crippen LogP contribution in [0.2, 0.25) is 0 Å². The third-order valence-electron chi connectivity index (χ3n) is 4.84. The molecule has 0 fully saturated rings. The van der Waals surface area contributed by atoms with Crippen molar-refractivity contribution in [2.24, 2.45) is 0 Å². The van der Waals surface area contributed by atoms with E-state index in [2.05, 4.69) is 48.5 Å². The number of carbonyl (C=O) groups excluding carboxylic acids is 2. The van der Waals surface area contributed by atoms with E-state index < -0.39 is 0 Å². The average molecular weight is 420 g/mol. The van der Waals surface area contributed by atoms with E-state index in [-0.39, 0.29) is 22.9 Å². The van der Waals surface area contributed by atoms with Gasteiger partial charge in [-0.05, 0) is 53.8 Å². The maximum Gasteiger partial charge on any atom is 0.273 e. The van der Waals surface area contributed by atoms with Crippen molar-refractivity contribution >= 4 is 17.5 Å². The lowest BCUT2D eigenvalue weighted by Gasteiger charge is -2.18. The highest BCUT2D eigenvalue weighted by Crippen LogP contribution is 2.32. The predicted molar refractivity (Wildman–Crippen MR) is 123 cm³/mol. The Morgan fingerprint density at radius 3 is 2.13 bits per heavy atom. The summed E-state index contributed by atoms with van der Waals surface area (Å²) in [5.74, 6) is 0.373. The maximum atomic E-state index is 12.7. The standard InChI is InChI=1S/C25H29N3O3/c1-6-15-26-23(30)21-22(17-9-13-20(14-10-17)27-16(2)29)31-24(28-21)18-7-11-19(12-8-18)25(3,4)5/h7-14H,6,15H2,1-5H3,(H,26,30)(H,27,29). The Labute approximate surface area is 183 Å². The third-order valence-corrected chi connectivity index (χ3v) is 4.84. The molecule has 0 unspecified atom stereocenters. The number of benzene rings is 2. The normalized spacial score (nSPS) is 11.3. The SMILES string of the molecule is CCCNC(=O)c1nc(-c2ccc(C(C)(C)C)cc2)oc1-c1ccc(NC(C)=O)cc1. The van der Waals surface area contributed by atoms with Crippen LogP contribution in [0.15, 0.2) is 52.9 Å². The first-order chi connectivity index (χ1) is 14.7. The molecule has 0 aliphatic heterocycles. The molecule has 0 radical (unpaired) electrons. The second-order valence-corrected chi connectivity index (χ2v) is 8.54. The second-order valence-electron chi connectivity index (χ2n) is 8.54. The van der Waals surface area contributed by atoms with Gasteiger partial charge in [0.15, 0.2) is 11.5 Å². The highest BCUT2D eigenvalue weighted by Gasteiger charge is 2.22. The van der Waals surface area contributed by atoms with Crippen LogP contribution in [0.1, 0.15) is 57.1 Å². The minimum Gasteiger partial charge on any atom is -0.435 e. The molecular weight excluding hydrogens is 390 g/mol. The van der Waals surface area contributed by atoms with Gasteiger partial charge in [-0.25, -0.2) is 4.98 Å². The van der Waals surface area contributed by atoms with Crippen molar-refractivity contribution in [3.63, 3.8) is 0 Å². The summed E-state index contributed by atoms with van der Waals surface area (Å²) in [5.41, 5.74) is 3.68. The van der Waals surface area contributed by atoms with Gasteiger partial charge >= 0.3 is 0 Å². The van der Waals surface area contributed by atoms with Crippen LogP contribution in [-0.4, -0.2) is 23.3 Å². The summed E-state index contributed by atoms with van der Waals surface area (Å²) in [6.07, 6.45) is 0.825. The van der Waals surface area contributed by atoms with E-state index in [1.165, 1.54) is 12.5 Å². The second kappa shape index (κ2) is 9.16. The van der Waals surface area contributed by atoms with E-state index >= 15 is 0 Å². The molecule has 0 saturated carbocycles. The molecule has 6 heteroatoms. The lowest BCUT2D eigenvalue weighted by molar-refractivity contribution is -0.114. The Hall–Kier alpha value is -3.41. The van der Waals surface area contributed by atoms with E-state index in [4.69, 9.17) is 4.42 Å². The zero-order valence-corrected chi connectivity index (χ0v) is 18.7. The summed E-state index contributed by atoms with van der Waals surface area (Å²) in [4.78, 5) is 28.5. The average Bonchev–Trinajstić information content (AvgIpc) is 3.17. The smallest absolute Gasteiger partial charge is 0.273 e. The van der Waals surface area contributed by atoms with Crippen molar-refractivity contribution in [2.75, 3.05) is 11.9 Å². The summed E-state index contributed by atoms with van der Waals surface area (Å²) < 4.78 is 6.08. The quantitative estimate of drug-likeness (QED) is 0.560. The van der Waals surface area contributed by atoms with E-state index in [0.29, 0.717) is 29.4 Å². The van der Waals surface area contributed by atoms with Gasteiger partial charge < -0.3 is 15.1 Å². The van der Waals surface area contributed by atoms with Gasteiger partial charge in [0.1, 0.15) is 0 Å². The lowest BCUT2D eigenvalue weighted by atomic mass is 9.87. The van der Waals surface area contributed by atoms with E-state index in [0.717, 1.165) is 12.0 Å². The summed E-state index contributed by atoms with van der Waals surface area (Å²) >= 11 is 0. The predicted octanol–water partition coefficient (Wildman–Crippen LogP) is 5.40. The van der Waals surface area contributed by atoms with Gasteiger partial charge in [-0.3, -0.25) is 9.59 Å². The van der Waals surface area contributed by atoms with Crippen molar-refractivity contribution < 1.29 is 14.0 Å². The summed E-state index contributed by atoms with van der Waals surface area (Å²) in [7, 11) is 0. The minimum atomic E-state index is -0.274. The molecule has 2 N–H and O–H groups in total. The number of nitrogens with zero attached hydrogens (tertiary/aromatic N) is 1. The van der Waals surface area contributed by atoms with Gasteiger partial charge in [-0.1, -0.05) is 39.8 Å². The Morgan fingerprint density at radius 2 is 1.58 bits per heavy atom. The molecule has 162 valence electrons. The molecule has 0 spiro atoms. The van der Waals surface area contributed by atoms with Crippen molar-refractivity contribution in [2.45, 2.75) is 46.5 Å². The molecule has 31 heavy (non-hydrogen) atoms. The van der Waals surface area contributed by atoms with E-state index in [1.54, 1.807) is 24.3 Å². The van der Waals surface area contributed by atoms with Crippen LogP contribution in [0.4, 0.5) is 5.69 Å². The molecule has 2 amide bonds. The molecule has 1 heterocycles. The molecule has 1 aromatic heterocycles. The molecule has 0 bridgehead atoms. The fourth-order valence-electron chi connectivity index (χ4n) is 3.14. The molecule has 3 aromatic rings. The number of hydrogen-bond acceptors (Lipinski definition) is 4.